The Morgan fingerprint density at radius 3 is 1.93 bits per heavy atom. The molecule has 29 heavy (non-hydrogen) atoms. The molecule has 8 heteroatoms. The smallest absolute Gasteiger partial charge is 0.222 e. The normalized spacial score (nSPS) is 12.7. The van der Waals surface area contributed by atoms with Crippen LogP contribution in [0.25, 0.3) is 0 Å². The van der Waals surface area contributed by atoms with Gasteiger partial charge in [-0.3, -0.25) is 4.79 Å². The van der Waals surface area contributed by atoms with Crippen molar-refractivity contribution in [2.75, 3.05) is 65.9 Å². The number of hydrogen-bond donors (Lipinski definition) is 2. The van der Waals surface area contributed by atoms with E-state index in [2.05, 4.69) is 33.7 Å². The van der Waals surface area contributed by atoms with E-state index in [1.165, 1.54) is 0 Å². The number of rotatable bonds is 21. The highest BCUT2D eigenvalue weighted by Gasteiger charge is 2.08. The molecule has 0 heterocycles. The highest BCUT2D eigenvalue weighted by Crippen LogP contribution is 2.00. The van der Waals surface area contributed by atoms with Crippen molar-refractivity contribution in [1.29, 1.82) is 0 Å². The van der Waals surface area contributed by atoms with Gasteiger partial charge < -0.3 is 29.6 Å². The second-order valence-corrected chi connectivity index (χ2v) is 8.68. The van der Waals surface area contributed by atoms with Gasteiger partial charge in [0.15, 0.2) is 0 Å². The summed E-state index contributed by atoms with van der Waals surface area (Å²) >= 11 is 0. The van der Waals surface area contributed by atoms with E-state index in [4.69, 9.17) is 18.9 Å². The van der Waals surface area contributed by atoms with E-state index in [-0.39, 0.29) is 17.5 Å². The summed E-state index contributed by atoms with van der Waals surface area (Å²) in [6.45, 7) is 14.8. The summed E-state index contributed by atoms with van der Waals surface area (Å²) in [4.78, 5) is 11.5. The third-order valence-corrected chi connectivity index (χ3v) is 4.44. The van der Waals surface area contributed by atoms with Crippen LogP contribution in [0, 0.1) is 5.92 Å². The molecule has 2 N–H and O–H groups in total. The number of hydrogen-bond acceptors (Lipinski definition) is 6. The quantitative estimate of drug-likeness (QED) is 0.212. The van der Waals surface area contributed by atoms with E-state index in [0.717, 1.165) is 45.6 Å². The van der Waals surface area contributed by atoms with Gasteiger partial charge in [0.1, 0.15) is 0 Å². The maximum absolute atomic E-state index is 11.5. The average molecular weight is 437 g/mol. The maximum atomic E-state index is 11.5. The lowest BCUT2D eigenvalue weighted by Crippen LogP contribution is -2.34. The van der Waals surface area contributed by atoms with Crippen LogP contribution in [0.15, 0.2) is 0 Å². The molecule has 0 aliphatic heterocycles. The molecule has 0 saturated carbocycles. The summed E-state index contributed by atoms with van der Waals surface area (Å²) in [6.07, 6.45) is 3.26. The van der Waals surface area contributed by atoms with Gasteiger partial charge >= 0.3 is 0 Å². The lowest BCUT2D eigenvalue weighted by Gasteiger charge is -2.14. The first-order valence-corrected chi connectivity index (χ1v) is 11.7. The van der Waals surface area contributed by atoms with E-state index >= 15 is 0 Å². The molecular weight excluding hydrogens is 391 g/mol. The fourth-order valence-corrected chi connectivity index (χ4v) is 2.53. The number of ether oxygens (including phenoxy) is 4. The van der Waals surface area contributed by atoms with Gasteiger partial charge in [-0.15, -0.1) is 9.24 Å². The van der Waals surface area contributed by atoms with Gasteiger partial charge in [0.2, 0.25) is 5.91 Å². The number of nitrogens with one attached hydrogen (secondary N) is 2. The Labute approximate surface area is 180 Å². The lowest BCUT2D eigenvalue weighted by molar-refractivity contribution is -0.124. The van der Waals surface area contributed by atoms with Gasteiger partial charge in [-0.05, 0) is 19.3 Å². The number of amides is 1. The first kappa shape index (κ1) is 28.7. The standard InChI is InChI=1S/C21H45N2O5P/c1-18(2)21(24)23-16-20(29)17-28-15-14-27-13-12-26-10-7-5-6-9-25-11-8-22-19(3)4/h18-20,22H,5-17,29H2,1-4H3,(H,23,24). The van der Waals surface area contributed by atoms with Gasteiger partial charge in [0, 0.05) is 43.9 Å². The molecule has 0 aromatic carbocycles. The number of unbranched alkanes of at least 4 members (excludes halogenated alkanes) is 2. The van der Waals surface area contributed by atoms with Gasteiger partial charge in [0.25, 0.3) is 0 Å². The molecular formula is C21H45N2O5P. The third kappa shape index (κ3) is 22.2. The molecule has 0 saturated heterocycles. The lowest BCUT2D eigenvalue weighted by atomic mass is 10.2. The van der Waals surface area contributed by atoms with E-state index in [1.807, 2.05) is 13.8 Å². The second-order valence-electron chi connectivity index (χ2n) is 7.74. The van der Waals surface area contributed by atoms with E-state index in [1.54, 1.807) is 0 Å². The van der Waals surface area contributed by atoms with Crippen LogP contribution in [-0.4, -0.2) is 83.6 Å². The molecule has 1 amide bonds. The zero-order chi connectivity index (χ0) is 21.7. The largest absolute Gasteiger partial charge is 0.380 e. The average Bonchev–Trinajstić information content (AvgIpc) is 2.68. The van der Waals surface area contributed by atoms with Crippen LogP contribution in [0.2, 0.25) is 0 Å². The van der Waals surface area contributed by atoms with Gasteiger partial charge in [0.05, 0.1) is 39.6 Å². The van der Waals surface area contributed by atoms with E-state index in [0.29, 0.717) is 45.6 Å². The molecule has 2 unspecified atom stereocenters. The fraction of sp³-hybridized carbons (Fsp3) is 0.952. The minimum Gasteiger partial charge on any atom is -0.380 e. The molecule has 0 aliphatic rings. The Hall–Kier alpha value is -0.300. The van der Waals surface area contributed by atoms with Crippen LogP contribution in [0.4, 0.5) is 0 Å². The Bertz CT molecular complexity index is 373. The molecule has 0 aromatic heterocycles. The minimum absolute atomic E-state index is 0.0138. The van der Waals surface area contributed by atoms with Crippen LogP contribution < -0.4 is 10.6 Å². The Morgan fingerprint density at radius 1 is 0.793 bits per heavy atom. The first-order chi connectivity index (χ1) is 13.9. The van der Waals surface area contributed by atoms with E-state index in [9.17, 15) is 4.79 Å². The molecule has 0 aromatic rings. The predicted molar refractivity (Wildman–Crippen MR) is 122 cm³/mol. The molecule has 0 rings (SSSR count). The molecule has 174 valence electrons. The number of carbonyl (C=O) groups is 1. The van der Waals surface area contributed by atoms with E-state index < -0.39 is 0 Å². The molecule has 0 aliphatic carbocycles. The predicted octanol–water partition coefficient (Wildman–Crippen LogP) is 2.24. The Kier molecular flexibility index (Phi) is 20.7. The van der Waals surface area contributed by atoms with Gasteiger partial charge in [-0.2, -0.15) is 0 Å². The van der Waals surface area contributed by atoms with Crippen molar-refractivity contribution in [3.8, 4) is 0 Å². The van der Waals surface area contributed by atoms with Gasteiger partial charge in [-0.25, -0.2) is 0 Å². The summed E-state index contributed by atoms with van der Waals surface area (Å²) < 4.78 is 22.2. The molecule has 7 nitrogen and oxygen atoms in total. The number of carbonyl (C=O) groups excluding carboxylic acids is 1. The van der Waals surface area contributed by atoms with Crippen molar-refractivity contribution in [1.82, 2.24) is 10.6 Å². The highest BCUT2D eigenvalue weighted by atomic mass is 31.0. The first-order valence-electron chi connectivity index (χ1n) is 11.0. The van der Waals surface area contributed by atoms with Crippen LogP contribution >= 0.6 is 9.24 Å². The molecule has 0 bridgehead atoms. The van der Waals surface area contributed by atoms with Crippen LogP contribution in [0.3, 0.4) is 0 Å². The summed E-state index contributed by atoms with van der Waals surface area (Å²) in [7, 11) is 2.70. The fourth-order valence-electron chi connectivity index (χ4n) is 2.28. The monoisotopic (exact) mass is 436 g/mol. The Morgan fingerprint density at radius 2 is 1.34 bits per heavy atom. The topological polar surface area (TPSA) is 78.1 Å². The van der Waals surface area contributed by atoms with Crippen LogP contribution in [0.5, 0.6) is 0 Å². The highest BCUT2D eigenvalue weighted by molar-refractivity contribution is 7.17. The molecule has 2 atom stereocenters. The van der Waals surface area contributed by atoms with Crippen molar-refractivity contribution in [3.05, 3.63) is 0 Å². The van der Waals surface area contributed by atoms with Crippen molar-refractivity contribution in [2.24, 2.45) is 5.92 Å². The minimum atomic E-state index is 0.0138. The van der Waals surface area contributed by atoms with Crippen LogP contribution in [-0.2, 0) is 23.7 Å². The van der Waals surface area contributed by atoms with Crippen molar-refractivity contribution in [3.63, 3.8) is 0 Å². The molecule has 0 fully saturated rings. The zero-order valence-electron chi connectivity index (χ0n) is 19.0. The summed E-state index contributed by atoms with van der Waals surface area (Å²) in [5.41, 5.74) is 0.211. The summed E-state index contributed by atoms with van der Waals surface area (Å²) in [6, 6.07) is 0.519. The molecule has 0 radical (unpaired) electrons. The molecule has 0 spiro atoms. The third-order valence-electron chi connectivity index (χ3n) is 4.02. The summed E-state index contributed by atoms with van der Waals surface area (Å²) in [5, 5.41) is 6.22. The van der Waals surface area contributed by atoms with Crippen molar-refractivity contribution >= 4 is 15.1 Å². The Balaban J connectivity index is 3.17. The zero-order valence-corrected chi connectivity index (χ0v) is 20.2. The van der Waals surface area contributed by atoms with Crippen molar-refractivity contribution in [2.45, 2.75) is 58.7 Å². The van der Waals surface area contributed by atoms with Crippen molar-refractivity contribution < 1.29 is 23.7 Å². The second kappa shape index (κ2) is 21.0. The summed E-state index contributed by atoms with van der Waals surface area (Å²) in [5.74, 6) is 0.0868. The maximum Gasteiger partial charge on any atom is 0.222 e. The SMILES string of the molecule is CC(C)NCCOCCCCCOCCOCCOCC(P)CNC(=O)C(C)C. The van der Waals surface area contributed by atoms with Gasteiger partial charge in [-0.1, -0.05) is 27.7 Å². The van der Waals surface area contributed by atoms with Crippen LogP contribution in [0.1, 0.15) is 47.0 Å².